The third-order valence-electron chi connectivity index (χ3n) is 5.38. The zero-order chi connectivity index (χ0) is 18.2. The van der Waals surface area contributed by atoms with Gasteiger partial charge in [-0.25, -0.2) is 0 Å². The van der Waals surface area contributed by atoms with Gasteiger partial charge in [0.1, 0.15) is 5.82 Å². The second-order valence-corrected chi connectivity index (χ2v) is 8.99. The highest BCUT2D eigenvalue weighted by Crippen LogP contribution is 2.30. The van der Waals surface area contributed by atoms with Crippen molar-refractivity contribution < 1.29 is 4.74 Å². The largest absolute Gasteiger partial charge is 0.378 e. The van der Waals surface area contributed by atoms with Gasteiger partial charge in [0.15, 0.2) is 0 Å². The summed E-state index contributed by atoms with van der Waals surface area (Å²) in [6, 6.07) is 0.517. The summed E-state index contributed by atoms with van der Waals surface area (Å²) in [5, 5.41) is 12.3. The highest BCUT2D eigenvalue weighted by molar-refractivity contribution is 5.50. The summed E-state index contributed by atoms with van der Waals surface area (Å²) in [4.78, 5) is 2.41. The lowest BCUT2D eigenvalue weighted by atomic mass is 9.79. The number of nitrogens with zero attached hydrogens (tertiary/aromatic N) is 3. The Hall–Kier alpha value is -1.11. The fourth-order valence-electron chi connectivity index (χ4n) is 4.78. The molecule has 142 valence electrons. The molecule has 0 aliphatic carbocycles. The van der Waals surface area contributed by atoms with E-state index >= 15 is 0 Å². The van der Waals surface area contributed by atoms with E-state index < -0.39 is 0 Å². The van der Waals surface area contributed by atoms with Gasteiger partial charge >= 0.3 is 0 Å². The lowest BCUT2D eigenvalue weighted by Crippen LogP contribution is -2.61. The third-order valence-corrected chi connectivity index (χ3v) is 5.38. The Kier molecular flexibility index (Phi) is 5.15. The number of morpholine rings is 1. The van der Waals surface area contributed by atoms with Crippen LogP contribution in [0.1, 0.15) is 51.8 Å². The maximum absolute atomic E-state index is 5.51. The number of piperidine rings is 1. The van der Waals surface area contributed by atoms with E-state index in [0.717, 1.165) is 51.4 Å². The average molecular weight is 350 g/mol. The molecular formula is C19H35N5O. The standard InChI is InChI=1S/C19H35N5O/c1-14-16(17(23(6)21-14)24-7-9-25-10-8-24)13-20-15-11-18(2,3)22-19(4,5)12-15/h15,20,22H,7-13H2,1-6H3. The van der Waals surface area contributed by atoms with Crippen LogP contribution < -0.4 is 15.5 Å². The molecule has 0 bridgehead atoms. The van der Waals surface area contributed by atoms with E-state index in [1.165, 1.54) is 11.4 Å². The molecule has 3 heterocycles. The van der Waals surface area contributed by atoms with Gasteiger partial charge in [-0.05, 0) is 47.5 Å². The van der Waals surface area contributed by atoms with Crippen LogP contribution in [0.5, 0.6) is 0 Å². The molecule has 0 spiro atoms. The molecule has 0 amide bonds. The number of nitrogens with one attached hydrogen (secondary N) is 2. The van der Waals surface area contributed by atoms with Crippen LogP contribution in [0.25, 0.3) is 0 Å². The van der Waals surface area contributed by atoms with E-state index in [2.05, 4.69) is 62.3 Å². The van der Waals surface area contributed by atoms with Gasteiger partial charge in [0.05, 0.1) is 18.9 Å². The molecule has 2 aliphatic heterocycles. The predicted octanol–water partition coefficient (Wildman–Crippen LogP) is 1.96. The monoisotopic (exact) mass is 349 g/mol. The normalized spacial score (nSPS) is 23.8. The van der Waals surface area contributed by atoms with Gasteiger partial charge in [-0.1, -0.05) is 0 Å². The summed E-state index contributed by atoms with van der Waals surface area (Å²) < 4.78 is 7.55. The number of anilines is 1. The van der Waals surface area contributed by atoms with Crippen molar-refractivity contribution in [3.63, 3.8) is 0 Å². The Morgan fingerprint density at radius 3 is 2.36 bits per heavy atom. The highest BCUT2D eigenvalue weighted by atomic mass is 16.5. The summed E-state index contributed by atoms with van der Waals surface area (Å²) in [6.45, 7) is 15.7. The molecule has 0 unspecified atom stereocenters. The van der Waals surface area contributed by atoms with Crippen molar-refractivity contribution in [2.75, 3.05) is 31.2 Å². The van der Waals surface area contributed by atoms with Gasteiger partial charge in [0, 0.05) is 49.4 Å². The van der Waals surface area contributed by atoms with Crippen LogP contribution in [0.4, 0.5) is 5.82 Å². The molecular weight excluding hydrogens is 314 g/mol. The molecule has 0 aromatic carbocycles. The first-order valence-electron chi connectivity index (χ1n) is 9.55. The van der Waals surface area contributed by atoms with Crippen LogP contribution in [0, 0.1) is 6.92 Å². The van der Waals surface area contributed by atoms with Crippen molar-refractivity contribution in [2.24, 2.45) is 7.05 Å². The van der Waals surface area contributed by atoms with Crippen LogP contribution in [-0.2, 0) is 18.3 Å². The van der Waals surface area contributed by atoms with Crippen molar-refractivity contribution >= 4 is 5.82 Å². The maximum Gasteiger partial charge on any atom is 0.131 e. The van der Waals surface area contributed by atoms with Gasteiger partial charge in [-0.15, -0.1) is 0 Å². The number of hydrogen-bond donors (Lipinski definition) is 2. The summed E-state index contributed by atoms with van der Waals surface area (Å²) >= 11 is 0. The van der Waals surface area contributed by atoms with Gasteiger partial charge < -0.3 is 20.3 Å². The van der Waals surface area contributed by atoms with Crippen LogP contribution in [0.3, 0.4) is 0 Å². The Morgan fingerprint density at radius 1 is 1.16 bits per heavy atom. The minimum Gasteiger partial charge on any atom is -0.378 e. The maximum atomic E-state index is 5.51. The van der Waals surface area contributed by atoms with Crippen molar-refractivity contribution in [3.8, 4) is 0 Å². The molecule has 0 atom stereocenters. The summed E-state index contributed by atoms with van der Waals surface area (Å²) in [5.74, 6) is 1.25. The lowest BCUT2D eigenvalue weighted by molar-refractivity contribution is 0.122. The van der Waals surface area contributed by atoms with Crippen molar-refractivity contribution in [1.82, 2.24) is 20.4 Å². The SMILES string of the molecule is Cc1nn(C)c(N2CCOCC2)c1CNC1CC(C)(C)NC(C)(C)C1. The van der Waals surface area contributed by atoms with Gasteiger partial charge in [-0.3, -0.25) is 4.68 Å². The topological polar surface area (TPSA) is 54.4 Å². The number of aromatic nitrogens is 2. The summed E-state index contributed by atoms with van der Waals surface area (Å²) in [5.41, 5.74) is 2.79. The molecule has 0 saturated carbocycles. The number of rotatable bonds is 4. The van der Waals surface area contributed by atoms with E-state index in [1.54, 1.807) is 0 Å². The Morgan fingerprint density at radius 2 is 1.76 bits per heavy atom. The Labute approximate surface area is 152 Å². The average Bonchev–Trinajstić information content (AvgIpc) is 2.76. The van der Waals surface area contributed by atoms with E-state index in [1.807, 2.05) is 4.68 Å². The van der Waals surface area contributed by atoms with Crippen LogP contribution in [-0.4, -0.2) is 53.2 Å². The van der Waals surface area contributed by atoms with Gasteiger partial charge in [0.25, 0.3) is 0 Å². The molecule has 3 rings (SSSR count). The van der Waals surface area contributed by atoms with Crippen LogP contribution in [0.15, 0.2) is 0 Å². The van der Waals surface area contributed by atoms with Crippen molar-refractivity contribution in [1.29, 1.82) is 0 Å². The Bertz CT molecular complexity index is 585. The summed E-state index contributed by atoms with van der Waals surface area (Å²) in [6.07, 6.45) is 2.28. The number of hydrogen-bond acceptors (Lipinski definition) is 5. The number of ether oxygens (including phenoxy) is 1. The fourth-order valence-corrected chi connectivity index (χ4v) is 4.78. The predicted molar refractivity (Wildman–Crippen MR) is 102 cm³/mol. The van der Waals surface area contributed by atoms with Gasteiger partial charge in [0.2, 0.25) is 0 Å². The molecule has 25 heavy (non-hydrogen) atoms. The van der Waals surface area contributed by atoms with E-state index in [-0.39, 0.29) is 11.1 Å². The molecule has 2 N–H and O–H groups in total. The lowest BCUT2D eigenvalue weighted by Gasteiger charge is -2.46. The molecule has 2 saturated heterocycles. The van der Waals surface area contributed by atoms with Crippen molar-refractivity contribution in [2.45, 2.75) is 71.1 Å². The van der Waals surface area contributed by atoms with E-state index in [9.17, 15) is 0 Å². The van der Waals surface area contributed by atoms with E-state index in [4.69, 9.17) is 4.74 Å². The minimum absolute atomic E-state index is 0.163. The van der Waals surface area contributed by atoms with E-state index in [0.29, 0.717) is 6.04 Å². The Balaban J connectivity index is 1.73. The first-order chi connectivity index (χ1) is 11.7. The quantitative estimate of drug-likeness (QED) is 0.870. The molecule has 2 aliphatic rings. The highest BCUT2D eigenvalue weighted by Gasteiger charge is 2.37. The molecule has 1 aromatic rings. The second kappa shape index (κ2) is 6.89. The zero-order valence-corrected chi connectivity index (χ0v) is 16.8. The third kappa shape index (κ3) is 4.36. The first-order valence-corrected chi connectivity index (χ1v) is 9.55. The smallest absolute Gasteiger partial charge is 0.131 e. The second-order valence-electron chi connectivity index (χ2n) is 8.99. The molecule has 6 nitrogen and oxygen atoms in total. The minimum atomic E-state index is 0.163. The summed E-state index contributed by atoms with van der Waals surface area (Å²) in [7, 11) is 2.05. The molecule has 2 fully saturated rings. The fraction of sp³-hybridized carbons (Fsp3) is 0.842. The van der Waals surface area contributed by atoms with Gasteiger partial charge in [-0.2, -0.15) is 5.10 Å². The number of aryl methyl sites for hydroxylation is 2. The first kappa shape index (κ1) is 18.7. The molecule has 1 aromatic heterocycles. The molecule has 0 radical (unpaired) electrons. The zero-order valence-electron chi connectivity index (χ0n) is 16.8. The van der Waals surface area contributed by atoms with Crippen molar-refractivity contribution in [3.05, 3.63) is 11.3 Å². The van der Waals surface area contributed by atoms with Crippen LogP contribution in [0.2, 0.25) is 0 Å². The van der Waals surface area contributed by atoms with Crippen LogP contribution >= 0.6 is 0 Å². The molecule has 6 heteroatoms.